The van der Waals surface area contributed by atoms with E-state index in [1.807, 2.05) is 13.0 Å². The van der Waals surface area contributed by atoms with Crippen LogP contribution in [0.25, 0.3) is 0 Å². The fourth-order valence-corrected chi connectivity index (χ4v) is 2.56. The van der Waals surface area contributed by atoms with E-state index < -0.39 is 5.97 Å². The number of rotatable bonds is 4. The number of carboxylic acid groups (broad SMARTS) is 1. The van der Waals surface area contributed by atoms with Crippen LogP contribution < -0.4 is 5.32 Å². The van der Waals surface area contributed by atoms with E-state index in [1.54, 1.807) is 0 Å². The molecule has 5 heteroatoms. The third kappa shape index (κ3) is 3.18. The fourth-order valence-electron chi connectivity index (χ4n) is 2.56. The van der Waals surface area contributed by atoms with Gasteiger partial charge in [-0.05, 0) is 25.7 Å². The van der Waals surface area contributed by atoms with Crippen molar-refractivity contribution in [1.82, 2.24) is 9.97 Å². The van der Waals surface area contributed by atoms with Crippen LogP contribution in [0.4, 0.5) is 5.82 Å². The number of hydrogen-bond donors (Lipinski definition) is 2. The van der Waals surface area contributed by atoms with Gasteiger partial charge in [0.2, 0.25) is 0 Å². The van der Waals surface area contributed by atoms with E-state index in [4.69, 9.17) is 0 Å². The van der Waals surface area contributed by atoms with Gasteiger partial charge in [0.15, 0.2) is 0 Å². The number of nitrogens with one attached hydrogen (secondary N) is 1. The number of aromatic nitrogens is 2. The summed E-state index contributed by atoms with van der Waals surface area (Å²) in [7, 11) is 0. The largest absolute Gasteiger partial charge is 0.481 e. The van der Waals surface area contributed by atoms with Crippen molar-refractivity contribution >= 4 is 11.8 Å². The van der Waals surface area contributed by atoms with Crippen LogP contribution in [0.3, 0.4) is 0 Å². The SMILES string of the molecule is Cc1cc(NC[C@@H]2CCCC[C@@H]2C(=O)O)ncn1. The Hall–Kier alpha value is -1.65. The highest BCUT2D eigenvalue weighted by molar-refractivity contribution is 5.70. The molecule has 0 aliphatic heterocycles. The topological polar surface area (TPSA) is 75.1 Å². The minimum absolute atomic E-state index is 0.200. The summed E-state index contributed by atoms with van der Waals surface area (Å²) in [6, 6.07) is 1.87. The van der Waals surface area contributed by atoms with Crippen LogP contribution in [-0.2, 0) is 4.79 Å². The zero-order valence-electron chi connectivity index (χ0n) is 10.6. The minimum Gasteiger partial charge on any atom is -0.481 e. The molecule has 0 bridgehead atoms. The zero-order valence-corrected chi connectivity index (χ0v) is 10.6. The van der Waals surface area contributed by atoms with Crippen LogP contribution >= 0.6 is 0 Å². The Morgan fingerprint density at radius 3 is 2.94 bits per heavy atom. The third-order valence-corrected chi connectivity index (χ3v) is 3.58. The summed E-state index contributed by atoms with van der Waals surface area (Å²) >= 11 is 0. The molecule has 1 fully saturated rings. The number of carboxylic acids is 1. The highest BCUT2D eigenvalue weighted by atomic mass is 16.4. The van der Waals surface area contributed by atoms with Crippen LogP contribution in [-0.4, -0.2) is 27.6 Å². The Morgan fingerprint density at radius 2 is 2.22 bits per heavy atom. The third-order valence-electron chi connectivity index (χ3n) is 3.58. The van der Waals surface area contributed by atoms with Crippen molar-refractivity contribution in [1.29, 1.82) is 0 Å². The molecule has 1 saturated carbocycles. The van der Waals surface area contributed by atoms with Crippen molar-refractivity contribution in [2.45, 2.75) is 32.6 Å². The lowest BCUT2D eigenvalue weighted by molar-refractivity contribution is -0.144. The molecule has 5 nitrogen and oxygen atoms in total. The second-order valence-electron chi connectivity index (χ2n) is 4.91. The normalized spacial score (nSPS) is 23.6. The summed E-state index contributed by atoms with van der Waals surface area (Å²) in [5.74, 6) is 0.0956. The van der Waals surface area contributed by atoms with Crippen LogP contribution in [0.2, 0.25) is 0 Å². The molecular weight excluding hydrogens is 230 g/mol. The summed E-state index contributed by atoms with van der Waals surface area (Å²) in [5, 5.41) is 12.4. The molecule has 1 heterocycles. The lowest BCUT2D eigenvalue weighted by Gasteiger charge is -2.28. The molecule has 1 aromatic rings. The maximum atomic E-state index is 11.2. The molecule has 18 heavy (non-hydrogen) atoms. The van der Waals surface area contributed by atoms with E-state index in [0.717, 1.165) is 37.2 Å². The quantitative estimate of drug-likeness (QED) is 0.854. The summed E-state index contributed by atoms with van der Waals surface area (Å²) in [5.41, 5.74) is 0.908. The Balaban J connectivity index is 1.93. The van der Waals surface area contributed by atoms with E-state index in [2.05, 4.69) is 15.3 Å². The van der Waals surface area contributed by atoms with Crippen LogP contribution in [0, 0.1) is 18.8 Å². The number of aryl methyl sites for hydroxylation is 1. The van der Waals surface area contributed by atoms with Crippen molar-refractivity contribution < 1.29 is 9.90 Å². The second-order valence-corrected chi connectivity index (χ2v) is 4.91. The monoisotopic (exact) mass is 249 g/mol. The molecule has 0 amide bonds. The van der Waals surface area contributed by atoms with E-state index >= 15 is 0 Å². The molecule has 2 rings (SSSR count). The minimum atomic E-state index is -0.666. The molecule has 0 radical (unpaired) electrons. The first kappa shape index (κ1) is 12.8. The fraction of sp³-hybridized carbons (Fsp3) is 0.615. The van der Waals surface area contributed by atoms with Gasteiger partial charge in [0, 0.05) is 18.3 Å². The molecule has 2 atom stereocenters. The van der Waals surface area contributed by atoms with Gasteiger partial charge in [-0.1, -0.05) is 12.8 Å². The molecular formula is C13H19N3O2. The second kappa shape index (κ2) is 5.80. The highest BCUT2D eigenvalue weighted by Gasteiger charge is 2.30. The van der Waals surface area contributed by atoms with Gasteiger partial charge in [0.25, 0.3) is 0 Å². The molecule has 1 aliphatic rings. The molecule has 0 saturated heterocycles. The van der Waals surface area contributed by atoms with Crippen LogP contribution in [0.15, 0.2) is 12.4 Å². The van der Waals surface area contributed by atoms with Crippen molar-refractivity contribution in [3.8, 4) is 0 Å². The van der Waals surface area contributed by atoms with Gasteiger partial charge < -0.3 is 10.4 Å². The number of hydrogen-bond acceptors (Lipinski definition) is 4. The Bertz CT molecular complexity index is 422. The highest BCUT2D eigenvalue weighted by Crippen LogP contribution is 2.30. The molecule has 1 aliphatic carbocycles. The van der Waals surface area contributed by atoms with Crippen molar-refractivity contribution in [3.63, 3.8) is 0 Å². The maximum Gasteiger partial charge on any atom is 0.306 e. The Morgan fingerprint density at radius 1 is 1.44 bits per heavy atom. The standard InChI is InChI=1S/C13H19N3O2/c1-9-6-12(16-8-15-9)14-7-10-4-2-3-5-11(10)13(17)18/h6,8,10-11H,2-5,7H2,1H3,(H,17,18)(H,14,15,16)/t10-,11-/m0/s1. The molecule has 0 spiro atoms. The first-order valence-electron chi connectivity index (χ1n) is 6.42. The lowest BCUT2D eigenvalue weighted by Crippen LogP contribution is -2.31. The van der Waals surface area contributed by atoms with E-state index in [9.17, 15) is 9.90 Å². The summed E-state index contributed by atoms with van der Waals surface area (Å²) in [6.07, 6.45) is 5.45. The van der Waals surface area contributed by atoms with E-state index in [1.165, 1.54) is 6.33 Å². The summed E-state index contributed by atoms with van der Waals surface area (Å²) < 4.78 is 0. The van der Waals surface area contributed by atoms with Gasteiger partial charge in [0.1, 0.15) is 12.1 Å². The predicted molar refractivity (Wildman–Crippen MR) is 68.3 cm³/mol. The molecule has 0 unspecified atom stereocenters. The van der Waals surface area contributed by atoms with Gasteiger partial charge in [-0.15, -0.1) is 0 Å². The average molecular weight is 249 g/mol. The smallest absolute Gasteiger partial charge is 0.306 e. The van der Waals surface area contributed by atoms with Crippen molar-refractivity contribution in [2.75, 3.05) is 11.9 Å². The molecule has 0 aromatic carbocycles. The maximum absolute atomic E-state index is 11.2. The van der Waals surface area contributed by atoms with Crippen molar-refractivity contribution in [2.24, 2.45) is 11.8 Å². The van der Waals surface area contributed by atoms with E-state index in [-0.39, 0.29) is 11.8 Å². The molecule has 98 valence electrons. The molecule has 1 aromatic heterocycles. The number of anilines is 1. The number of aliphatic carboxylic acids is 1. The lowest BCUT2D eigenvalue weighted by atomic mass is 9.79. The van der Waals surface area contributed by atoms with Crippen molar-refractivity contribution in [3.05, 3.63) is 18.1 Å². The first-order chi connectivity index (χ1) is 8.66. The number of nitrogens with zero attached hydrogens (tertiary/aromatic N) is 2. The van der Waals surface area contributed by atoms with Crippen LogP contribution in [0.1, 0.15) is 31.4 Å². The Kier molecular flexibility index (Phi) is 4.12. The summed E-state index contributed by atoms with van der Waals surface area (Å²) in [4.78, 5) is 19.3. The van der Waals surface area contributed by atoms with Gasteiger partial charge in [-0.2, -0.15) is 0 Å². The van der Waals surface area contributed by atoms with Gasteiger partial charge >= 0.3 is 5.97 Å². The Labute approximate surface area is 107 Å². The zero-order chi connectivity index (χ0) is 13.0. The predicted octanol–water partition coefficient (Wildman–Crippen LogP) is 2.09. The van der Waals surface area contributed by atoms with Gasteiger partial charge in [0.05, 0.1) is 5.92 Å². The van der Waals surface area contributed by atoms with Gasteiger partial charge in [-0.25, -0.2) is 9.97 Å². The molecule has 2 N–H and O–H groups in total. The van der Waals surface area contributed by atoms with E-state index in [0.29, 0.717) is 6.54 Å². The average Bonchev–Trinajstić information content (AvgIpc) is 2.37. The summed E-state index contributed by atoms with van der Waals surface area (Å²) in [6.45, 7) is 2.58. The van der Waals surface area contributed by atoms with Gasteiger partial charge in [-0.3, -0.25) is 4.79 Å². The first-order valence-corrected chi connectivity index (χ1v) is 6.42. The van der Waals surface area contributed by atoms with Crippen LogP contribution in [0.5, 0.6) is 0 Å². The number of carbonyl (C=O) groups is 1.